The van der Waals surface area contributed by atoms with E-state index < -0.39 is 0 Å². The molecule has 0 saturated heterocycles. The van der Waals surface area contributed by atoms with Gasteiger partial charge in [0.25, 0.3) is 0 Å². The Morgan fingerprint density at radius 2 is 1.03 bits per heavy atom. The van der Waals surface area contributed by atoms with Gasteiger partial charge >= 0.3 is 0 Å². The number of methoxy groups -OCH3 is 1. The first-order valence-electron chi connectivity index (χ1n) is 13.1. The molecule has 0 aromatic rings. The van der Waals surface area contributed by atoms with Crippen LogP contribution in [0.15, 0.2) is 12.2 Å². The van der Waals surface area contributed by atoms with Gasteiger partial charge in [-0.2, -0.15) is 0 Å². The SMILES string of the molecule is CC.CC=CCCCCCCCCOC.CCCCCCCCCCCCCN. The Bertz CT molecular complexity index is 241. The van der Waals surface area contributed by atoms with Crippen LogP contribution >= 0.6 is 0 Å². The fraction of sp³-hybridized carbons (Fsp3) is 0.926. The van der Waals surface area contributed by atoms with E-state index in [-0.39, 0.29) is 0 Å². The van der Waals surface area contributed by atoms with Gasteiger partial charge in [-0.3, -0.25) is 0 Å². The minimum atomic E-state index is 0.872. The third-order valence-corrected chi connectivity index (χ3v) is 5.01. The smallest absolute Gasteiger partial charge is 0.0462 e. The van der Waals surface area contributed by atoms with Crippen LogP contribution in [0.2, 0.25) is 0 Å². The molecule has 178 valence electrons. The highest BCUT2D eigenvalue weighted by atomic mass is 16.5. The average Bonchev–Trinajstić information content (AvgIpc) is 2.76. The van der Waals surface area contributed by atoms with Gasteiger partial charge in [0.05, 0.1) is 0 Å². The number of ether oxygens (including phenoxy) is 1. The van der Waals surface area contributed by atoms with E-state index in [2.05, 4.69) is 26.0 Å². The van der Waals surface area contributed by atoms with Gasteiger partial charge in [-0.1, -0.05) is 123 Å². The predicted molar refractivity (Wildman–Crippen MR) is 136 cm³/mol. The molecule has 0 unspecified atom stereocenters. The molecule has 0 fully saturated rings. The number of hydrogen-bond acceptors (Lipinski definition) is 2. The lowest BCUT2D eigenvalue weighted by molar-refractivity contribution is 0.192. The molecule has 0 radical (unpaired) electrons. The predicted octanol–water partition coefficient (Wildman–Crippen LogP) is 9.22. The van der Waals surface area contributed by atoms with Gasteiger partial charge in [-0.05, 0) is 39.2 Å². The van der Waals surface area contributed by atoms with Crippen molar-refractivity contribution in [1.29, 1.82) is 0 Å². The van der Waals surface area contributed by atoms with Gasteiger partial charge in [-0.25, -0.2) is 0 Å². The average molecular weight is 414 g/mol. The Morgan fingerprint density at radius 1 is 0.621 bits per heavy atom. The molecule has 0 aliphatic heterocycles. The summed E-state index contributed by atoms with van der Waals surface area (Å²) in [5, 5.41) is 0. The Hall–Kier alpha value is -0.340. The first kappa shape index (κ1) is 33.3. The monoisotopic (exact) mass is 413 g/mol. The van der Waals surface area contributed by atoms with Gasteiger partial charge in [0.15, 0.2) is 0 Å². The third kappa shape index (κ3) is 42.7. The van der Waals surface area contributed by atoms with Gasteiger partial charge in [0.1, 0.15) is 0 Å². The van der Waals surface area contributed by atoms with Crippen LogP contribution in [-0.4, -0.2) is 20.3 Å². The second-order valence-electron chi connectivity index (χ2n) is 7.80. The summed E-state index contributed by atoms with van der Waals surface area (Å²) in [6.07, 6.45) is 29.1. The summed E-state index contributed by atoms with van der Waals surface area (Å²) in [5.74, 6) is 0. The van der Waals surface area contributed by atoms with E-state index in [0.29, 0.717) is 0 Å². The molecule has 2 heteroatoms. The van der Waals surface area contributed by atoms with Crippen LogP contribution in [0.25, 0.3) is 0 Å². The Morgan fingerprint density at radius 3 is 1.45 bits per heavy atom. The Kier molecular flexibility index (Phi) is 44.0. The highest BCUT2D eigenvalue weighted by Crippen LogP contribution is 2.11. The lowest BCUT2D eigenvalue weighted by Gasteiger charge is -2.01. The molecule has 2 nitrogen and oxygen atoms in total. The zero-order valence-electron chi connectivity index (χ0n) is 21.3. The zero-order valence-corrected chi connectivity index (χ0v) is 21.3. The van der Waals surface area contributed by atoms with E-state index in [1.807, 2.05) is 13.8 Å². The van der Waals surface area contributed by atoms with Gasteiger partial charge in [0.2, 0.25) is 0 Å². The summed E-state index contributed by atoms with van der Waals surface area (Å²) in [6, 6.07) is 0. The molecule has 0 aliphatic rings. The van der Waals surface area contributed by atoms with E-state index in [1.54, 1.807) is 7.11 Å². The fourth-order valence-corrected chi connectivity index (χ4v) is 3.19. The quantitative estimate of drug-likeness (QED) is 0.159. The maximum atomic E-state index is 5.44. The largest absolute Gasteiger partial charge is 0.385 e. The maximum Gasteiger partial charge on any atom is 0.0462 e. The number of unbranched alkanes of at least 4 members (excludes halogenated alkanes) is 16. The molecule has 0 atom stereocenters. The Balaban J connectivity index is -0.000000430. The number of rotatable bonds is 20. The molecule has 0 spiro atoms. The van der Waals surface area contributed by atoms with Crippen molar-refractivity contribution in [1.82, 2.24) is 0 Å². The normalized spacial score (nSPS) is 10.4. The Labute approximate surface area is 186 Å². The summed E-state index contributed by atoms with van der Waals surface area (Å²) < 4.78 is 4.99. The van der Waals surface area contributed by atoms with Gasteiger partial charge in [-0.15, -0.1) is 0 Å². The molecule has 29 heavy (non-hydrogen) atoms. The summed E-state index contributed by atoms with van der Waals surface area (Å²) in [4.78, 5) is 0. The van der Waals surface area contributed by atoms with E-state index in [0.717, 1.165) is 13.2 Å². The molecule has 0 saturated carbocycles. The highest BCUT2D eigenvalue weighted by Gasteiger charge is 1.92. The molecule has 0 aliphatic carbocycles. The first-order valence-corrected chi connectivity index (χ1v) is 13.1. The molecule has 2 N–H and O–H groups in total. The van der Waals surface area contributed by atoms with Crippen molar-refractivity contribution in [2.24, 2.45) is 5.73 Å². The van der Waals surface area contributed by atoms with Crippen molar-refractivity contribution in [3.63, 3.8) is 0 Å². The van der Waals surface area contributed by atoms with Crippen LogP contribution in [0.3, 0.4) is 0 Å². The molecule has 0 bridgehead atoms. The number of nitrogens with two attached hydrogens (primary N) is 1. The molecular formula is C27H59NO. The minimum absolute atomic E-state index is 0.872. The highest BCUT2D eigenvalue weighted by molar-refractivity contribution is 4.76. The second kappa shape index (κ2) is 38.3. The van der Waals surface area contributed by atoms with Crippen molar-refractivity contribution in [3.05, 3.63) is 12.2 Å². The molecule has 0 heterocycles. The first-order chi connectivity index (χ1) is 14.3. The summed E-state index contributed by atoms with van der Waals surface area (Å²) in [7, 11) is 1.77. The van der Waals surface area contributed by atoms with E-state index in [9.17, 15) is 0 Å². The van der Waals surface area contributed by atoms with Crippen LogP contribution in [0.5, 0.6) is 0 Å². The van der Waals surface area contributed by atoms with Crippen LogP contribution < -0.4 is 5.73 Å². The molecule has 0 aromatic heterocycles. The summed E-state index contributed by atoms with van der Waals surface area (Å²) >= 11 is 0. The van der Waals surface area contributed by atoms with Crippen LogP contribution in [0.4, 0.5) is 0 Å². The van der Waals surface area contributed by atoms with Crippen molar-refractivity contribution in [2.75, 3.05) is 20.3 Å². The molecule has 0 amide bonds. The standard InChI is InChI=1S/C13H29N.C12H24O.C2H6/c1-2-3-4-5-6-7-8-9-10-11-12-13-14;1-3-4-5-6-7-8-9-10-11-12-13-2;1-2/h2-14H2,1H3;3-4H,5-12H2,1-2H3;1-2H3. The van der Waals surface area contributed by atoms with Crippen molar-refractivity contribution in [3.8, 4) is 0 Å². The zero-order chi connectivity index (χ0) is 22.3. The van der Waals surface area contributed by atoms with E-state index in [1.165, 1.54) is 116 Å². The molecular weight excluding hydrogens is 354 g/mol. The van der Waals surface area contributed by atoms with Gasteiger partial charge < -0.3 is 10.5 Å². The number of hydrogen-bond donors (Lipinski definition) is 1. The lowest BCUT2D eigenvalue weighted by Crippen LogP contribution is -1.97. The fourth-order valence-electron chi connectivity index (χ4n) is 3.19. The topological polar surface area (TPSA) is 35.2 Å². The lowest BCUT2D eigenvalue weighted by atomic mass is 10.1. The van der Waals surface area contributed by atoms with Crippen LogP contribution in [0, 0.1) is 0 Å². The number of allylic oxidation sites excluding steroid dienone is 2. The van der Waals surface area contributed by atoms with Gasteiger partial charge in [0, 0.05) is 13.7 Å². The molecule has 0 rings (SSSR count). The van der Waals surface area contributed by atoms with E-state index >= 15 is 0 Å². The van der Waals surface area contributed by atoms with E-state index in [4.69, 9.17) is 10.5 Å². The minimum Gasteiger partial charge on any atom is -0.385 e. The van der Waals surface area contributed by atoms with Crippen LogP contribution in [-0.2, 0) is 4.74 Å². The maximum absolute atomic E-state index is 5.44. The van der Waals surface area contributed by atoms with Crippen molar-refractivity contribution >= 4 is 0 Å². The summed E-state index contributed by atoms with van der Waals surface area (Å²) in [5.41, 5.74) is 5.44. The second-order valence-corrected chi connectivity index (χ2v) is 7.80. The van der Waals surface area contributed by atoms with Crippen molar-refractivity contribution < 1.29 is 4.74 Å². The third-order valence-electron chi connectivity index (χ3n) is 5.01. The van der Waals surface area contributed by atoms with Crippen molar-refractivity contribution in [2.45, 2.75) is 143 Å². The molecule has 0 aromatic carbocycles. The summed E-state index contributed by atoms with van der Waals surface area (Å²) in [6.45, 7) is 10.2. The van der Waals surface area contributed by atoms with Crippen LogP contribution in [0.1, 0.15) is 143 Å².